The van der Waals surface area contributed by atoms with E-state index in [1.54, 1.807) is 17.0 Å². The number of hydrogen-bond donors (Lipinski definition) is 1. The zero-order valence-electron chi connectivity index (χ0n) is 18.6. The molecule has 1 amide bonds. The van der Waals surface area contributed by atoms with Crippen molar-refractivity contribution in [3.05, 3.63) is 59.2 Å². The Morgan fingerprint density at radius 2 is 2.03 bits per heavy atom. The first-order valence-corrected chi connectivity index (χ1v) is 11.4. The van der Waals surface area contributed by atoms with Crippen LogP contribution in [0.5, 0.6) is 0 Å². The molecule has 1 saturated heterocycles. The van der Waals surface area contributed by atoms with Crippen LogP contribution in [-0.4, -0.2) is 41.9 Å². The molecule has 0 bridgehead atoms. The number of ether oxygens (including phenoxy) is 1. The molecule has 0 aliphatic carbocycles. The topological polar surface area (TPSA) is 59.4 Å². The number of benzene rings is 2. The molecule has 2 aromatic carbocycles. The molecule has 0 radical (unpaired) electrons. The van der Waals surface area contributed by atoms with E-state index in [9.17, 15) is 9.18 Å². The molecule has 3 aromatic rings. The Morgan fingerprint density at radius 3 is 2.78 bits per heavy atom. The van der Waals surface area contributed by atoms with Gasteiger partial charge in [0.2, 0.25) is 0 Å². The molecule has 0 saturated carbocycles. The summed E-state index contributed by atoms with van der Waals surface area (Å²) in [5.74, 6) is 0.723. The number of halogens is 1. The van der Waals surface area contributed by atoms with Crippen molar-refractivity contribution in [2.75, 3.05) is 25.1 Å². The number of rotatable bonds is 3. The number of piperidine rings is 1. The van der Waals surface area contributed by atoms with E-state index in [2.05, 4.69) is 16.0 Å². The third-order valence-electron chi connectivity index (χ3n) is 6.82. The summed E-state index contributed by atoms with van der Waals surface area (Å²) < 4.78 is 21.3. The number of carbonyl (C=O) groups excluding carboxylic acids is 1. The number of fused-ring (bicyclic) bond motifs is 3. The molecular formula is C25H29FN4O2. The molecule has 2 aliphatic heterocycles. The van der Waals surface area contributed by atoms with E-state index >= 15 is 0 Å². The van der Waals surface area contributed by atoms with Crippen molar-refractivity contribution in [3.63, 3.8) is 0 Å². The Kier molecular flexibility index (Phi) is 5.59. The number of aryl methyl sites for hydroxylation is 1. The van der Waals surface area contributed by atoms with Crippen LogP contribution in [0.1, 0.15) is 49.2 Å². The molecule has 6 nitrogen and oxygen atoms in total. The van der Waals surface area contributed by atoms with Crippen LogP contribution in [0.15, 0.2) is 36.4 Å². The minimum Gasteiger partial charge on any atom is -0.452 e. The molecule has 1 atom stereocenters. The van der Waals surface area contributed by atoms with E-state index in [0.29, 0.717) is 12.5 Å². The van der Waals surface area contributed by atoms with Crippen molar-refractivity contribution in [3.8, 4) is 0 Å². The third-order valence-corrected chi connectivity index (χ3v) is 6.82. The van der Waals surface area contributed by atoms with Crippen molar-refractivity contribution in [1.82, 2.24) is 14.9 Å². The highest BCUT2D eigenvalue weighted by Crippen LogP contribution is 2.38. The quantitative estimate of drug-likeness (QED) is 0.652. The highest BCUT2D eigenvalue weighted by atomic mass is 19.1. The molecule has 1 aromatic heterocycles. The number of imidazole rings is 1. The normalized spacial score (nSPS) is 19.2. The number of hydrogen-bond acceptors (Lipinski definition) is 4. The van der Waals surface area contributed by atoms with Crippen LogP contribution in [0.4, 0.5) is 14.9 Å². The standard InChI is InChI=1S/C25H29FN4O2/c1-16-6-7-20-21(29(16)25(31)32-2)8-9-22-24(20)28-23(15-17-4-3-5-18(26)14-17)30(22)19-10-12-27-13-11-19/h3-5,8-9,14,16,19,27H,6-7,10-13,15H2,1-2H3/t16-/m0/s1. The number of carbonyl (C=O) groups is 1. The van der Waals surface area contributed by atoms with Crippen LogP contribution in [0, 0.1) is 5.82 Å². The third kappa shape index (κ3) is 3.64. The Hall–Kier alpha value is -2.93. The average molecular weight is 437 g/mol. The lowest BCUT2D eigenvalue weighted by Gasteiger charge is -2.34. The summed E-state index contributed by atoms with van der Waals surface area (Å²) in [7, 11) is 1.42. The molecule has 2 aliphatic rings. The molecule has 168 valence electrons. The maximum atomic E-state index is 13.9. The molecular weight excluding hydrogens is 407 g/mol. The number of nitrogens with one attached hydrogen (secondary N) is 1. The summed E-state index contributed by atoms with van der Waals surface area (Å²) in [6.07, 6.45) is 4.02. The van der Waals surface area contributed by atoms with E-state index < -0.39 is 0 Å². The Labute approximate surface area is 187 Å². The van der Waals surface area contributed by atoms with E-state index in [-0.39, 0.29) is 18.0 Å². The Bertz CT molecular complexity index is 1150. The van der Waals surface area contributed by atoms with Gasteiger partial charge in [-0.3, -0.25) is 4.90 Å². The van der Waals surface area contributed by atoms with E-state index in [1.165, 1.54) is 13.2 Å². The smallest absolute Gasteiger partial charge is 0.414 e. The SMILES string of the molecule is COC(=O)N1c2ccc3c(nc(Cc4cccc(F)c4)n3C3CCNCC3)c2CC[C@@H]1C. The van der Waals surface area contributed by atoms with Crippen LogP contribution in [-0.2, 0) is 17.6 Å². The molecule has 0 unspecified atom stereocenters. The minimum absolute atomic E-state index is 0.0747. The van der Waals surface area contributed by atoms with Gasteiger partial charge >= 0.3 is 6.09 Å². The van der Waals surface area contributed by atoms with Gasteiger partial charge in [0.1, 0.15) is 11.6 Å². The van der Waals surface area contributed by atoms with Gasteiger partial charge in [-0.05, 0) is 75.5 Å². The second-order valence-corrected chi connectivity index (χ2v) is 8.84. The highest BCUT2D eigenvalue weighted by Gasteiger charge is 2.32. The first-order valence-electron chi connectivity index (χ1n) is 11.4. The van der Waals surface area contributed by atoms with Gasteiger partial charge < -0.3 is 14.6 Å². The lowest BCUT2D eigenvalue weighted by molar-refractivity contribution is 0.175. The average Bonchev–Trinajstić information content (AvgIpc) is 3.17. The predicted molar refractivity (Wildman–Crippen MR) is 123 cm³/mol. The zero-order valence-corrected chi connectivity index (χ0v) is 18.6. The lowest BCUT2D eigenvalue weighted by Crippen LogP contribution is -2.42. The predicted octanol–water partition coefficient (Wildman–Crippen LogP) is 4.60. The summed E-state index contributed by atoms with van der Waals surface area (Å²) in [5, 5.41) is 3.44. The number of anilines is 1. The van der Waals surface area contributed by atoms with E-state index in [4.69, 9.17) is 9.72 Å². The zero-order chi connectivity index (χ0) is 22.2. The van der Waals surface area contributed by atoms with Crippen LogP contribution < -0.4 is 10.2 Å². The van der Waals surface area contributed by atoms with E-state index in [1.807, 2.05) is 19.1 Å². The molecule has 1 N–H and O–H groups in total. The van der Waals surface area contributed by atoms with Gasteiger partial charge in [-0.25, -0.2) is 14.2 Å². The maximum Gasteiger partial charge on any atom is 0.414 e. The van der Waals surface area contributed by atoms with Gasteiger partial charge in [0.05, 0.1) is 23.8 Å². The Morgan fingerprint density at radius 1 is 1.22 bits per heavy atom. The van der Waals surface area contributed by atoms with Gasteiger partial charge in [0.25, 0.3) is 0 Å². The highest BCUT2D eigenvalue weighted by molar-refractivity contribution is 5.95. The first-order chi connectivity index (χ1) is 15.6. The number of amides is 1. The molecule has 0 spiro atoms. The minimum atomic E-state index is -0.337. The molecule has 32 heavy (non-hydrogen) atoms. The second-order valence-electron chi connectivity index (χ2n) is 8.84. The van der Waals surface area contributed by atoms with Crippen molar-refractivity contribution in [2.24, 2.45) is 0 Å². The van der Waals surface area contributed by atoms with Crippen molar-refractivity contribution < 1.29 is 13.9 Å². The van der Waals surface area contributed by atoms with Gasteiger partial charge in [0.15, 0.2) is 0 Å². The second kappa shape index (κ2) is 8.54. The summed E-state index contributed by atoms with van der Waals surface area (Å²) in [6, 6.07) is 11.3. The largest absolute Gasteiger partial charge is 0.452 e. The van der Waals surface area contributed by atoms with Crippen molar-refractivity contribution >= 4 is 22.8 Å². The van der Waals surface area contributed by atoms with Gasteiger partial charge in [0, 0.05) is 24.1 Å². The molecule has 3 heterocycles. The fourth-order valence-corrected chi connectivity index (χ4v) is 5.25. The van der Waals surface area contributed by atoms with Gasteiger partial charge in [-0.1, -0.05) is 12.1 Å². The summed E-state index contributed by atoms with van der Waals surface area (Å²) in [5.41, 5.74) is 4.94. The Balaban J connectivity index is 1.66. The number of methoxy groups -OCH3 is 1. The number of aromatic nitrogens is 2. The lowest BCUT2D eigenvalue weighted by atomic mass is 9.95. The first kappa shape index (κ1) is 20.9. The summed E-state index contributed by atoms with van der Waals surface area (Å²) >= 11 is 0. The molecule has 5 rings (SSSR count). The van der Waals surface area contributed by atoms with Crippen LogP contribution >= 0.6 is 0 Å². The number of nitrogens with zero attached hydrogens (tertiary/aromatic N) is 3. The van der Waals surface area contributed by atoms with Crippen LogP contribution in [0.2, 0.25) is 0 Å². The van der Waals surface area contributed by atoms with Gasteiger partial charge in [-0.2, -0.15) is 0 Å². The van der Waals surface area contributed by atoms with E-state index in [0.717, 1.165) is 72.4 Å². The van der Waals surface area contributed by atoms with Crippen LogP contribution in [0.3, 0.4) is 0 Å². The van der Waals surface area contributed by atoms with Gasteiger partial charge in [-0.15, -0.1) is 0 Å². The van der Waals surface area contributed by atoms with Crippen molar-refractivity contribution in [1.29, 1.82) is 0 Å². The van der Waals surface area contributed by atoms with Crippen LogP contribution in [0.25, 0.3) is 11.0 Å². The molecule has 7 heteroatoms. The monoisotopic (exact) mass is 436 g/mol. The summed E-state index contributed by atoms with van der Waals surface area (Å²) in [4.78, 5) is 19.4. The maximum absolute atomic E-state index is 13.9. The fourth-order valence-electron chi connectivity index (χ4n) is 5.25. The van der Waals surface area contributed by atoms with Crippen molar-refractivity contribution in [2.45, 2.75) is 51.1 Å². The summed E-state index contributed by atoms with van der Waals surface area (Å²) in [6.45, 7) is 4.00. The fraction of sp³-hybridized carbons (Fsp3) is 0.440. The molecule has 1 fully saturated rings.